The Kier molecular flexibility index (Phi) is 7.48. The highest BCUT2D eigenvalue weighted by molar-refractivity contribution is 7.19. The number of rotatable bonds is 10. The molecule has 1 aliphatic heterocycles. The van der Waals surface area contributed by atoms with Crippen molar-refractivity contribution in [3.63, 3.8) is 0 Å². The van der Waals surface area contributed by atoms with Crippen LogP contribution in [0.15, 0.2) is 30.5 Å². The van der Waals surface area contributed by atoms with Crippen molar-refractivity contribution in [1.82, 2.24) is 35.9 Å². The van der Waals surface area contributed by atoms with Gasteiger partial charge in [0.1, 0.15) is 5.82 Å². The molecule has 1 fully saturated rings. The van der Waals surface area contributed by atoms with Crippen molar-refractivity contribution in [1.29, 1.82) is 0 Å². The molecule has 0 bridgehead atoms. The molecule has 4 heterocycles. The number of thiophene rings is 1. The summed E-state index contributed by atoms with van der Waals surface area (Å²) in [5, 5.41) is 23.8. The van der Waals surface area contributed by atoms with Gasteiger partial charge in [-0.3, -0.25) is 20.0 Å². The highest BCUT2D eigenvalue weighted by atomic mass is 32.1. The van der Waals surface area contributed by atoms with Gasteiger partial charge in [-0.2, -0.15) is 5.10 Å². The third-order valence-electron chi connectivity index (χ3n) is 6.24. The van der Waals surface area contributed by atoms with Gasteiger partial charge in [-0.05, 0) is 25.0 Å². The van der Waals surface area contributed by atoms with Gasteiger partial charge < -0.3 is 10.6 Å². The third kappa shape index (κ3) is 5.59. The molecule has 1 aromatic carbocycles. The zero-order valence-electron chi connectivity index (χ0n) is 19.5. The summed E-state index contributed by atoms with van der Waals surface area (Å²) in [5.41, 5.74) is 4.54. The van der Waals surface area contributed by atoms with Gasteiger partial charge in [0.25, 0.3) is 0 Å². The summed E-state index contributed by atoms with van der Waals surface area (Å²) < 4.78 is 1.07. The van der Waals surface area contributed by atoms with Gasteiger partial charge in [-0.25, -0.2) is 15.4 Å². The van der Waals surface area contributed by atoms with Crippen molar-refractivity contribution in [3.05, 3.63) is 35.3 Å². The minimum atomic E-state index is -0.343. The molecule has 0 aliphatic carbocycles. The highest BCUT2D eigenvalue weighted by Crippen LogP contribution is 2.34. The number of unbranched alkanes of at least 4 members (excludes halogenated alkanes) is 2. The first kappa shape index (κ1) is 23.6. The molecule has 1 saturated heterocycles. The molecule has 0 atom stereocenters. The van der Waals surface area contributed by atoms with Crippen LogP contribution in [0.3, 0.4) is 0 Å². The van der Waals surface area contributed by atoms with Gasteiger partial charge in [0.2, 0.25) is 5.91 Å². The van der Waals surface area contributed by atoms with Crippen molar-refractivity contribution in [2.45, 2.75) is 32.2 Å². The number of nitrogens with zero attached hydrogens (tertiary/aromatic N) is 4. The van der Waals surface area contributed by atoms with E-state index in [0.29, 0.717) is 12.2 Å². The van der Waals surface area contributed by atoms with E-state index in [1.807, 2.05) is 24.4 Å². The number of carbonyl (C=O) groups is 1. The molecular weight excluding hydrogens is 464 g/mol. The van der Waals surface area contributed by atoms with Crippen LogP contribution in [0.25, 0.3) is 32.5 Å². The molecule has 0 spiro atoms. The zero-order chi connectivity index (χ0) is 24.0. The van der Waals surface area contributed by atoms with Gasteiger partial charge >= 0.3 is 0 Å². The molecule has 0 unspecified atom stereocenters. The molecule has 5 N–H and O–H groups in total. The number of anilines is 1. The Hall–Kier alpha value is -3.12. The van der Waals surface area contributed by atoms with Crippen LogP contribution in [0.4, 0.5) is 5.82 Å². The molecule has 0 radical (unpaired) electrons. The maximum atomic E-state index is 11.2. The monoisotopic (exact) mass is 494 g/mol. The van der Waals surface area contributed by atoms with Gasteiger partial charge in [0.05, 0.1) is 21.9 Å². The number of carbonyl (C=O) groups excluding carboxylic acids is 1. The molecular formula is C24H30N8O2S. The predicted octanol–water partition coefficient (Wildman–Crippen LogP) is 3.12. The molecule has 1 amide bonds. The molecule has 1 aliphatic rings. The SMILES string of the molecule is O=C(CCCCCNc1nc(-c2cccc3[nH]ncc23)nc2cc(CN3CCNCC3)sc12)NO. The Balaban J connectivity index is 1.39. The average Bonchev–Trinajstić information content (AvgIpc) is 3.53. The van der Waals surface area contributed by atoms with E-state index in [0.717, 1.165) is 91.0 Å². The number of hydroxylamine groups is 1. The average molecular weight is 495 g/mol. The molecule has 10 nitrogen and oxygen atoms in total. The third-order valence-corrected chi connectivity index (χ3v) is 7.35. The number of amides is 1. The molecule has 4 aromatic rings. The Morgan fingerprint density at radius 2 is 2.06 bits per heavy atom. The molecule has 3 aromatic heterocycles. The number of piperazine rings is 1. The van der Waals surface area contributed by atoms with E-state index in [4.69, 9.17) is 15.2 Å². The minimum Gasteiger partial charge on any atom is -0.369 e. The zero-order valence-corrected chi connectivity index (χ0v) is 20.3. The highest BCUT2D eigenvalue weighted by Gasteiger charge is 2.17. The number of H-pyrrole nitrogens is 1. The fourth-order valence-corrected chi connectivity index (χ4v) is 5.50. The van der Waals surface area contributed by atoms with Crippen molar-refractivity contribution < 1.29 is 10.0 Å². The van der Waals surface area contributed by atoms with Crippen molar-refractivity contribution in [3.8, 4) is 11.4 Å². The molecule has 5 rings (SSSR count). The first-order valence-corrected chi connectivity index (χ1v) is 12.9. The van der Waals surface area contributed by atoms with Crippen molar-refractivity contribution >= 4 is 44.2 Å². The van der Waals surface area contributed by atoms with E-state index in [9.17, 15) is 4.79 Å². The Morgan fingerprint density at radius 1 is 1.17 bits per heavy atom. The second-order valence-corrected chi connectivity index (χ2v) is 9.90. The second-order valence-electron chi connectivity index (χ2n) is 8.76. The summed E-state index contributed by atoms with van der Waals surface area (Å²) in [6.07, 6.45) is 4.66. The van der Waals surface area contributed by atoms with E-state index >= 15 is 0 Å². The van der Waals surface area contributed by atoms with Crippen LogP contribution in [0, 0.1) is 0 Å². The summed E-state index contributed by atoms with van der Waals surface area (Å²) in [6.45, 7) is 5.81. The number of hydrogen-bond acceptors (Lipinski definition) is 9. The number of aromatic amines is 1. The summed E-state index contributed by atoms with van der Waals surface area (Å²) in [4.78, 5) is 24.9. The maximum Gasteiger partial charge on any atom is 0.243 e. The van der Waals surface area contributed by atoms with E-state index < -0.39 is 0 Å². The Morgan fingerprint density at radius 3 is 2.91 bits per heavy atom. The topological polar surface area (TPSA) is 131 Å². The number of aromatic nitrogens is 4. The Labute approximate surface area is 207 Å². The number of fused-ring (bicyclic) bond motifs is 2. The first-order valence-electron chi connectivity index (χ1n) is 12.0. The first-order chi connectivity index (χ1) is 17.2. The number of nitrogens with one attached hydrogen (secondary N) is 4. The van der Waals surface area contributed by atoms with Gasteiger partial charge in [-0.15, -0.1) is 11.3 Å². The van der Waals surface area contributed by atoms with E-state index in [2.05, 4.69) is 31.8 Å². The largest absolute Gasteiger partial charge is 0.369 e. The summed E-state index contributed by atoms with van der Waals surface area (Å²) >= 11 is 1.75. The lowest BCUT2D eigenvalue weighted by Gasteiger charge is -2.26. The number of benzene rings is 1. The van der Waals surface area contributed by atoms with E-state index in [1.54, 1.807) is 16.8 Å². The van der Waals surface area contributed by atoms with Crippen LogP contribution in [0.1, 0.15) is 30.6 Å². The van der Waals surface area contributed by atoms with Crippen molar-refractivity contribution in [2.24, 2.45) is 0 Å². The lowest BCUT2D eigenvalue weighted by molar-refractivity contribution is -0.129. The van der Waals surface area contributed by atoms with Crippen LogP contribution in [-0.4, -0.2) is 68.9 Å². The fourth-order valence-electron chi connectivity index (χ4n) is 4.40. The molecule has 184 valence electrons. The van der Waals surface area contributed by atoms with Gasteiger partial charge in [0.15, 0.2) is 5.82 Å². The fraction of sp³-hybridized carbons (Fsp3) is 0.417. The van der Waals surface area contributed by atoms with E-state index in [1.165, 1.54) is 4.88 Å². The Bertz CT molecular complexity index is 1300. The molecule has 0 saturated carbocycles. The second kappa shape index (κ2) is 11.1. The minimum absolute atomic E-state index is 0.327. The summed E-state index contributed by atoms with van der Waals surface area (Å²) in [5.74, 6) is 1.18. The van der Waals surface area contributed by atoms with Gasteiger partial charge in [0, 0.05) is 61.5 Å². The van der Waals surface area contributed by atoms with Crippen LogP contribution in [0.2, 0.25) is 0 Å². The smallest absolute Gasteiger partial charge is 0.243 e. The summed E-state index contributed by atoms with van der Waals surface area (Å²) in [6, 6.07) is 8.21. The van der Waals surface area contributed by atoms with Crippen LogP contribution >= 0.6 is 11.3 Å². The molecule has 35 heavy (non-hydrogen) atoms. The van der Waals surface area contributed by atoms with Crippen LogP contribution < -0.4 is 16.1 Å². The van der Waals surface area contributed by atoms with Crippen LogP contribution in [-0.2, 0) is 11.3 Å². The predicted molar refractivity (Wildman–Crippen MR) is 138 cm³/mol. The quantitative estimate of drug-likeness (QED) is 0.129. The normalized spacial score (nSPS) is 14.5. The lowest BCUT2D eigenvalue weighted by atomic mass is 10.1. The van der Waals surface area contributed by atoms with Crippen LogP contribution in [0.5, 0.6) is 0 Å². The van der Waals surface area contributed by atoms with E-state index in [-0.39, 0.29) is 5.91 Å². The maximum absolute atomic E-state index is 11.2. The standard InChI is InChI=1S/C24H30N8O2S/c33-21(31-34)7-2-1-3-8-26-24-22-20(13-16(35-22)15-32-11-9-25-10-12-32)28-23(29-24)17-5-4-6-19-18(17)14-27-30-19/h4-6,13-14,25,34H,1-3,7-12,15H2,(H,27,30)(H,31,33)(H,26,28,29). The lowest BCUT2D eigenvalue weighted by Crippen LogP contribution is -2.42. The molecule has 11 heteroatoms. The summed E-state index contributed by atoms with van der Waals surface area (Å²) in [7, 11) is 0. The number of hydrogen-bond donors (Lipinski definition) is 5. The van der Waals surface area contributed by atoms with Gasteiger partial charge in [-0.1, -0.05) is 18.6 Å². The van der Waals surface area contributed by atoms with Crippen molar-refractivity contribution in [2.75, 3.05) is 38.0 Å².